The number of hydrogen-bond donors (Lipinski definition) is 0. The third kappa shape index (κ3) is 3.41. The highest BCUT2D eigenvalue weighted by molar-refractivity contribution is 7.99. The Bertz CT molecular complexity index is 927. The van der Waals surface area contributed by atoms with E-state index in [1.165, 1.54) is 18.5 Å². The summed E-state index contributed by atoms with van der Waals surface area (Å²) in [6.45, 7) is 1.68. The maximum atomic E-state index is 13.1. The number of rotatable bonds is 6. The van der Waals surface area contributed by atoms with Crippen molar-refractivity contribution in [3.63, 3.8) is 0 Å². The van der Waals surface area contributed by atoms with Gasteiger partial charge in [0, 0.05) is 25.3 Å². The summed E-state index contributed by atoms with van der Waals surface area (Å²) in [7, 11) is 0. The van der Waals surface area contributed by atoms with E-state index in [1.807, 2.05) is 4.90 Å². The molecule has 1 amide bonds. The smallest absolute Gasteiger partial charge is 0.222 e. The summed E-state index contributed by atoms with van der Waals surface area (Å²) in [5, 5.41) is 6.13. The lowest BCUT2D eigenvalue weighted by Crippen LogP contribution is -2.25. The molecular weight excluding hydrogens is 353 g/mol. The Morgan fingerprint density at radius 1 is 1.19 bits per heavy atom. The first-order valence-corrected chi connectivity index (χ1v) is 9.56. The summed E-state index contributed by atoms with van der Waals surface area (Å²) in [6.07, 6.45) is 5.85. The largest absolute Gasteiger partial charge is 0.343 e. The van der Waals surface area contributed by atoms with E-state index in [9.17, 15) is 9.18 Å². The van der Waals surface area contributed by atoms with Gasteiger partial charge >= 0.3 is 0 Å². The van der Waals surface area contributed by atoms with Gasteiger partial charge in [0.2, 0.25) is 5.91 Å². The predicted octanol–water partition coefficient (Wildman–Crippen LogP) is 3.06. The van der Waals surface area contributed by atoms with Crippen LogP contribution in [0.4, 0.5) is 4.39 Å². The Balaban J connectivity index is 1.46. The van der Waals surface area contributed by atoms with Gasteiger partial charge in [0.05, 0.1) is 17.3 Å². The van der Waals surface area contributed by atoms with Crippen LogP contribution in [0.5, 0.6) is 0 Å². The second kappa shape index (κ2) is 7.41. The SMILES string of the molecule is O=C1CCCN1CCCSc1ncnc2c1cnn2-c1ccc(F)cc1. The first-order chi connectivity index (χ1) is 12.7. The zero-order valence-corrected chi connectivity index (χ0v) is 15.0. The minimum Gasteiger partial charge on any atom is -0.343 e. The molecule has 3 heterocycles. The van der Waals surface area contributed by atoms with Crippen LogP contribution in [0.2, 0.25) is 0 Å². The average Bonchev–Trinajstić information content (AvgIpc) is 3.26. The first-order valence-electron chi connectivity index (χ1n) is 8.57. The van der Waals surface area contributed by atoms with Crippen LogP contribution in [0.1, 0.15) is 19.3 Å². The van der Waals surface area contributed by atoms with Crippen molar-refractivity contribution >= 4 is 28.7 Å². The molecule has 8 heteroatoms. The highest BCUT2D eigenvalue weighted by Gasteiger charge is 2.19. The monoisotopic (exact) mass is 371 g/mol. The van der Waals surface area contributed by atoms with Crippen molar-refractivity contribution in [2.24, 2.45) is 0 Å². The number of nitrogens with zero attached hydrogens (tertiary/aromatic N) is 5. The number of fused-ring (bicyclic) bond motifs is 1. The van der Waals surface area contributed by atoms with Gasteiger partial charge in [-0.25, -0.2) is 19.0 Å². The number of amides is 1. The minimum absolute atomic E-state index is 0.264. The maximum Gasteiger partial charge on any atom is 0.222 e. The van der Waals surface area contributed by atoms with Crippen molar-refractivity contribution < 1.29 is 9.18 Å². The van der Waals surface area contributed by atoms with Crippen LogP contribution in [0, 0.1) is 5.82 Å². The van der Waals surface area contributed by atoms with E-state index in [-0.39, 0.29) is 11.7 Å². The Labute approximate surface area is 154 Å². The molecule has 1 aromatic carbocycles. The molecule has 1 aliphatic heterocycles. The van der Waals surface area contributed by atoms with Gasteiger partial charge in [-0.1, -0.05) is 0 Å². The number of halogens is 1. The molecule has 1 aliphatic rings. The summed E-state index contributed by atoms with van der Waals surface area (Å²) in [5.74, 6) is 0.852. The molecule has 1 saturated heterocycles. The molecule has 1 fully saturated rings. The van der Waals surface area contributed by atoms with Gasteiger partial charge in [-0.15, -0.1) is 11.8 Å². The van der Waals surface area contributed by atoms with Crippen LogP contribution in [0.15, 0.2) is 41.8 Å². The molecule has 0 bridgehead atoms. The third-order valence-electron chi connectivity index (χ3n) is 4.38. The van der Waals surface area contributed by atoms with Crippen LogP contribution in [-0.2, 0) is 4.79 Å². The van der Waals surface area contributed by atoms with Gasteiger partial charge in [0.15, 0.2) is 5.65 Å². The lowest BCUT2D eigenvalue weighted by Gasteiger charge is -2.14. The lowest BCUT2D eigenvalue weighted by molar-refractivity contribution is -0.127. The first kappa shape index (κ1) is 17.0. The third-order valence-corrected chi connectivity index (χ3v) is 5.47. The van der Waals surface area contributed by atoms with Crippen molar-refractivity contribution in [1.82, 2.24) is 24.6 Å². The molecule has 3 aromatic rings. The summed E-state index contributed by atoms with van der Waals surface area (Å²) < 4.78 is 14.8. The van der Waals surface area contributed by atoms with Crippen molar-refractivity contribution in [2.75, 3.05) is 18.8 Å². The highest BCUT2D eigenvalue weighted by atomic mass is 32.2. The molecule has 0 unspecified atom stereocenters. The number of likely N-dealkylation sites (tertiary alicyclic amines) is 1. The van der Waals surface area contributed by atoms with Gasteiger partial charge in [-0.05, 0) is 37.1 Å². The Kier molecular flexibility index (Phi) is 4.83. The molecule has 0 saturated carbocycles. The number of aromatic nitrogens is 4. The molecule has 0 radical (unpaired) electrons. The van der Waals surface area contributed by atoms with Crippen LogP contribution in [0.3, 0.4) is 0 Å². The van der Waals surface area contributed by atoms with Gasteiger partial charge in [0.25, 0.3) is 0 Å². The van der Waals surface area contributed by atoms with Gasteiger partial charge in [0.1, 0.15) is 17.2 Å². The maximum absolute atomic E-state index is 13.1. The van der Waals surface area contributed by atoms with E-state index < -0.39 is 0 Å². The van der Waals surface area contributed by atoms with Crippen LogP contribution in [0.25, 0.3) is 16.7 Å². The molecule has 4 rings (SSSR count). The molecular formula is C18H18FN5OS. The van der Waals surface area contributed by atoms with Crippen molar-refractivity contribution in [2.45, 2.75) is 24.3 Å². The van der Waals surface area contributed by atoms with Crippen LogP contribution < -0.4 is 0 Å². The molecule has 0 aliphatic carbocycles. The molecule has 26 heavy (non-hydrogen) atoms. The van der Waals surface area contributed by atoms with Gasteiger partial charge < -0.3 is 4.90 Å². The van der Waals surface area contributed by atoms with Gasteiger partial charge in [-0.2, -0.15) is 5.10 Å². The van der Waals surface area contributed by atoms with E-state index in [1.54, 1.807) is 34.8 Å². The average molecular weight is 371 g/mol. The molecule has 0 N–H and O–H groups in total. The normalized spacial score (nSPS) is 14.5. The fraction of sp³-hybridized carbons (Fsp3) is 0.333. The number of benzene rings is 1. The predicted molar refractivity (Wildman–Crippen MR) is 97.8 cm³/mol. The Hall–Kier alpha value is -2.48. The number of hydrogen-bond acceptors (Lipinski definition) is 5. The number of carbonyl (C=O) groups excluding carboxylic acids is 1. The second-order valence-corrected chi connectivity index (χ2v) is 7.22. The number of thioether (sulfide) groups is 1. The molecule has 134 valence electrons. The van der Waals surface area contributed by atoms with Crippen LogP contribution >= 0.6 is 11.8 Å². The lowest BCUT2D eigenvalue weighted by atomic mass is 10.3. The van der Waals surface area contributed by atoms with Crippen molar-refractivity contribution in [1.29, 1.82) is 0 Å². The summed E-state index contributed by atoms with van der Waals surface area (Å²) in [4.78, 5) is 22.3. The summed E-state index contributed by atoms with van der Waals surface area (Å²) in [6, 6.07) is 6.15. The molecule has 2 aromatic heterocycles. The summed E-state index contributed by atoms with van der Waals surface area (Å²) >= 11 is 1.64. The Morgan fingerprint density at radius 2 is 2.04 bits per heavy atom. The second-order valence-electron chi connectivity index (χ2n) is 6.14. The summed E-state index contributed by atoms with van der Waals surface area (Å²) in [5.41, 5.74) is 1.45. The fourth-order valence-electron chi connectivity index (χ4n) is 3.07. The zero-order chi connectivity index (χ0) is 17.9. The molecule has 6 nitrogen and oxygen atoms in total. The standard InChI is InChI=1S/C18H18FN5OS/c19-13-4-6-14(7-5-13)24-17-15(11-22-24)18(21-12-20-17)26-10-2-9-23-8-1-3-16(23)25/h4-7,11-12H,1-3,8-10H2. The fourth-order valence-corrected chi connectivity index (χ4v) is 3.96. The molecule has 0 spiro atoms. The van der Waals surface area contributed by atoms with Gasteiger partial charge in [-0.3, -0.25) is 4.79 Å². The Morgan fingerprint density at radius 3 is 2.81 bits per heavy atom. The molecule has 0 atom stereocenters. The number of carbonyl (C=O) groups is 1. The quantitative estimate of drug-likeness (QED) is 0.379. The van der Waals surface area contributed by atoms with E-state index in [0.29, 0.717) is 12.1 Å². The van der Waals surface area contributed by atoms with Crippen molar-refractivity contribution in [3.05, 3.63) is 42.6 Å². The zero-order valence-electron chi connectivity index (χ0n) is 14.1. The van der Waals surface area contributed by atoms with E-state index in [0.717, 1.165) is 47.8 Å². The van der Waals surface area contributed by atoms with Crippen molar-refractivity contribution in [3.8, 4) is 5.69 Å². The topological polar surface area (TPSA) is 63.9 Å². The highest BCUT2D eigenvalue weighted by Crippen LogP contribution is 2.26. The van der Waals surface area contributed by atoms with E-state index in [2.05, 4.69) is 15.1 Å². The van der Waals surface area contributed by atoms with E-state index >= 15 is 0 Å². The van der Waals surface area contributed by atoms with E-state index in [4.69, 9.17) is 0 Å². The van der Waals surface area contributed by atoms with Crippen LogP contribution in [-0.4, -0.2) is 49.4 Å². The minimum atomic E-state index is -0.285.